The van der Waals surface area contributed by atoms with Crippen LogP contribution in [0.15, 0.2) is 24.3 Å². The molecule has 1 atom stereocenters. The standard InChI is InChI=1S/C20H29N3O2/c1-16(25-19-11-9-17(15-21)10-12-19)20(24)22-13-6-14-23(2)18-7-4-3-5-8-18/h9-12,16,18H,3-8,13-14H2,1-2H3,(H,22,24). The van der Waals surface area contributed by atoms with Gasteiger partial charge >= 0.3 is 0 Å². The lowest BCUT2D eigenvalue weighted by Crippen LogP contribution is -2.39. The van der Waals surface area contributed by atoms with E-state index in [0.29, 0.717) is 23.9 Å². The zero-order valence-corrected chi connectivity index (χ0v) is 15.3. The minimum Gasteiger partial charge on any atom is -0.481 e. The molecule has 0 aromatic heterocycles. The van der Waals surface area contributed by atoms with Crippen LogP contribution in [0.1, 0.15) is 51.0 Å². The number of hydrogen-bond donors (Lipinski definition) is 1. The molecule has 1 fully saturated rings. The number of rotatable bonds is 8. The Hall–Kier alpha value is -2.06. The van der Waals surface area contributed by atoms with Crippen LogP contribution in [0.3, 0.4) is 0 Å². The molecule has 0 radical (unpaired) electrons. The quantitative estimate of drug-likeness (QED) is 0.737. The number of nitrogens with zero attached hydrogens (tertiary/aromatic N) is 2. The van der Waals surface area contributed by atoms with Crippen LogP contribution in [0.4, 0.5) is 0 Å². The Kier molecular flexibility index (Phi) is 7.75. The maximum atomic E-state index is 12.1. The fourth-order valence-corrected chi connectivity index (χ4v) is 3.25. The lowest BCUT2D eigenvalue weighted by molar-refractivity contribution is -0.127. The molecule has 5 heteroatoms. The average molecular weight is 343 g/mol. The second-order valence-electron chi connectivity index (χ2n) is 6.81. The van der Waals surface area contributed by atoms with Crippen molar-refractivity contribution in [3.63, 3.8) is 0 Å². The van der Waals surface area contributed by atoms with Crippen molar-refractivity contribution < 1.29 is 9.53 Å². The van der Waals surface area contributed by atoms with Crippen LogP contribution in [0.25, 0.3) is 0 Å². The van der Waals surface area contributed by atoms with E-state index in [1.807, 2.05) is 0 Å². The van der Waals surface area contributed by atoms with E-state index in [1.54, 1.807) is 31.2 Å². The Labute approximate surface area is 151 Å². The number of nitrogens with one attached hydrogen (secondary N) is 1. The first-order chi connectivity index (χ1) is 12.1. The lowest BCUT2D eigenvalue weighted by Gasteiger charge is -2.31. The molecule has 25 heavy (non-hydrogen) atoms. The third kappa shape index (κ3) is 6.39. The predicted octanol–water partition coefficient (Wildman–Crippen LogP) is 3.10. The SMILES string of the molecule is CC(Oc1ccc(C#N)cc1)C(=O)NCCCN(C)C1CCCCC1. The highest BCUT2D eigenvalue weighted by molar-refractivity contribution is 5.80. The van der Waals surface area contributed by atoms with Gasteiger partial charge in [0.25, 0.3) is 5.91 Å². The van der Waals surface area contributed by atoms with Gasteiger partial charge in [-0.05, 0) is 64.0 Å². The van der Waals surface area contributed by atoms with Gasteiger partial charge in [0.1, 0.15) is 5.75 Å². The van der Waals surface area contributed by atoms with Crippen LogP contribution in [-0.4, -0.2) is 43.1 Å². The third-order valence-electron chi connectivity index (χ3n) is 4.85. The summed E-state index contributed by atoms with van der Waals surface area (Å²) in [7, 11) is 2.19. The van der Waals surface area contributed by atoms with Crippen molar-refractivity contribution >= 4 is 5.91 Å². The van der Waals surface area contributed by atoms with Crippen molar-refractivity contribution in [1.29, 1.82) is 5.26 Å². The van der Waals surface area contributed by atoms with Crippen molar-refractivity contribution in [1.82, 2.24) is 10.2 Å². The van der Waals surface area contributed by atoms with Gasteiger partial charge in [-0.15, -0.1) is 0 Å². The Morgan fingerprint density at radius 3 is 2.64 bits per heavy atom. The first-order valence-corrected chi connectivity index (χ1v) is 9.25. The first kappa shape index (κ1) is 19.3. The summed E-state index contributed by atoms with van der Waals surface area (Å²) in [6.45, 7) is 3.41. The molecule has 1 amide bonds. The summed E-state index contributed by atoms with van der Waals surface area (Å²) in [4.78, 5) is 14.5. The smallest absolute Gasteiger partial charge is 0.260 e. The lowest BCUT2D eigenvalue weighted by atomic mass is 9.94. The number of carbonyl (C=O) groups excluding carboxylic acids is 1. The monoisotopic (exact) mass is 343 g/mol. The number of amides is 1. The van der Waals surface area contributed by atoms with Gasteiger partial charge in [0.2, 0.25) is 0 Å². The van der Waals surface area contributed by atoms with Crippen LogP contribution in [0.5, 0.6) is 5.75 Å². The zero-order chi connectivity index (χ0) is 18.1. The molecule has 0 saturated heterocycles. The van der Waals surface area contributed by atoms with Crippen LogP contribution < -0.4 is 10.1 Å². The highest BCUT2D eigenvalue weighted by atomic mass is 16.5. The van der Waals surface area contributed by atoms with Crippen LogP contribution in [0, 0.1) is 11.3 Å². The van der Waals surface area contributed by atoms with Gasteiger partial charge in [0, 0.05) is 12.6 Å². The molecule has 1 aromatic carbocycles. The maximum absolute atomic E-state index is 12.1. The Morgan fingerprint density at radius 1 is 1.32 bits per heavy atom. The highest BCUT2D eigenvalue weighted by Gasteiger charge is 2.18. The summed E-state index contributed by atoms with van der Waals surface area (Å²) in [6.07, 6.45) is 7.06. The van der Waals surface area contributed by atoms with Crippen LogP contribution in [0.2, 0.25) is 0 Å². The molecule has 1 saturated carbocycles. The molecule has 1 aromatic rings. The van der Waals surface area contributed by atoms with Crippen LogP contribution in [-0.2, 0) is 4.79 Å². The fourth-order valence-electron chi connectivity index (χ4n) is 3.25. The summed E-state index contributed by atoms with van der Waals surface area (Å²) in [5, 5.41) is 11.7. The van der Waals surface area contributed by atoms with Gasteiger partial charge in [0.15, 0.2) is 6.10 Å². The summed E-state index contributed by atoms with van der Waals surface area (Å²) in [5.74, 6) is 0.489. The molecule has 1 aliphatic carbocycles. The summed E-state index contributed by atoms with van der Waals surface area (Å²) >= 11 is 0. The van der Waals surface area contributed by atoms with Crippen molar-refractivity contribution in [2.45, 2.75) is 57.6 Å². The van der Waals surface area contributed by atoms with Crippen molar-refractivity contribution in [3.05, 3.63) is 29.8 Å². The van der Waals surface area contributed by atoms with E-state index in [2.05, 4.69) is 23.3 Å². The van der Waals surface area contributed by atoms with Crippen molar-refractivity contribution in [2.75, 3.05) is 20.1 Å². The second-order valence-corrected chi connectivity index (χ2v) is 6.81. The number of benzene rings is 1. The molecule has 0 bridgehead atoms. The number of carbonyl (C=O) groups is 1. The maximum Gasteiger partial charge on any atom is 0.260 e. The van der Waals surface area contributed by atoms with E-state index in [1.165, 1.54) is 32.1 Å². The predicted molar refractivity (Wildman–Crippen MR) is 98.4 cm³/mol. The first-order valence-electron chi connectivity index (χ1n) is 9.25. The number of nitriles is 1. The fraction of sp³-hybridized carbons (Fsp3) is 0.600. The minimum atomic E-state index is -0.552. The van der Waals surface area contributed by atoms with E-state index < -0.39 is 6.10 Å². The molecule has 2 rings (SSSR count). The molecule has 0 aliphatic heterocycles. The van der Waals surface area contributed by atoms with Gasteiger partial charge in [-0.3, -0.25) is 4.79 Å². The van der Waals surface area contributed by atoms with Gasteiger partial charge in [-0.2, -0.15) is 5.26 Å². The summed E-state index contributed by atoms with van der Waals surface area (Å²) in [6, 6.07) is 9.55. The largest absolute Gasteiger partial charge is 0.481 e. The van der Waals surface area contributed by atoms with Gasteiger partial charge in [-0.1, -0.05) is 19.3 Å². The van der Waals surface area contributed by atoms with E-state index >= 15 is 0 Å². The molecular weight excluding hydrogens is 314 g/mol. The second kappa shape index (κ2) is 10.0. The highest BCUT2D eigenvalue weighted by Crippen LogP contribution is 2.21. The molecular formula is C20H29N3O2. The van der Waals surface area contributed by atoms with E-state index in [4.69, 9.17) is 10.00 Å². The molecule has 0 heterocycles. The van der Waals surface area contributed by atoms with E-state index in [-0.39, 0.29) is 5.91 Å². The van der Waals surface area contributed by atoms with Gasteiger partial charge < -0.3 is 15.0 Å². The minimum absolute atomic E-state index is 0.107. The Bertz CT molecular complexity index is 574. The molecule has 0 spiro atoms. The third-order valence-corrected chi connectivity index (χ3v) is 4.85. The van der Waals surface area contributed by atoms with Crippen LogP contribution >= 0.6 is 0 Å². The zero-order valence-electron chi connectivity index (χ0n) is 15.3. The van der Waals surface area contributed by atoms with E-state index in [9.17, 15) is 4.79 Å². The van der Waals surface area contributed by atoms with Crippen molar-refractivity contribution in [2.24, 2.45) is 0 Å². The molecule has 1 N–H and O–H groups in total. The van der Waals surface area contributed by atoms with Crippen molar-refractivity contribution in [3.8, 4) is 11.8 Å². The topological polar surface area (TPSA) is 65.4 Å². The normalized spacial score (nSPS) is 16.2. The van der Waals surface area contributed by atoms with E-state index in [0.717, 1.165) is 13.0 Å². The molecule has 1 unspecified atom stereocenters. The molecule has 5 nitrogen and oxygen atoms in total. The number of hydrogen-bond acceptors (Lipinski definition) is 4. The average Bonchev–Trinajstić information content (AvgIpc) is 2.66. The Morgan fingerprint density at radius 2 is 2.00 bits per heavy atom. The summed E-state index contributed by atoms with van der Waals surface area (Å²) in [5.41, 5.74) is 0.576. The number of ether oxygens (including phenoxy) is 1. The molecule has 1 aliphatic rings. The van der Waals surface area contributed by atoms with Gasteiger partial charge in [0.05, 0.1) is 11.6 Å². The Balaban J connectivity index is 1.64. The van der Waals surface area contributed by atoms with Gasteiger partial charge in [-0.25, -0.2) is 0 Å². The molecule has 136 valence electrons. The summed E-state index contributed by atoms with van der Waals surface area (Å²) < 4.78 is 5.62.